The number of carbonyl (C=O) groups excluding carboxylic acids is 3. The summed E-state index contributed by atoms with van der Waals surface area (Å²) in [5, 5.41) is 3.98. The second kappa shape index (κ2) is 6.60. The van der Waals surface area contributed by atoms with Crippen LogP contribution in [-0.4, -0.2) is 31.1 Å². The number of benzene rings is 1. The highest BCUT2D eigenvalue weighted by atomic mass is 19.1. The average Bonchev–Trinajstić information content (AvgIpc) is 2.38. The second-order valence-corrected chi connectivity index (χ2v) is 3.71. The summed E-state index contributed by atoms with van der Waals surface area (Å²) in [5.41, 5.74) is -0.896. The van der Waals surface area contributed by atoms with Crippen LogP contribution in [-0.2, 0) is 9.53 Å². The van der Waals surface area contributed by atoms with Crippen molar-refractivity contribution in [1.29, 1.82) is 0 Å². The monoisotopic (exact) mass is 286 g/mol. The molecule has 0 aliphatic rings. The van der Waals surface area contributed by atoms with Crippen molar-refractivity contribution in [2.24, 2.45) is 0 Å². The van der Waals surface area contributed by atoms with Gasteiger partial charge in [0.15, 0.2) is 6.10 Å². The summed E-state index contributed by atoms with van der Waals surface area (Å²) in [6, 6.07) is 2.06. The number of urea groups is 1. The molecule has 2 N–H and O–H groups in total. The van der Waals surface area contributed by atoms with Crippen molar-refractivity contribution in [1.82, 2.24) is 10.6 Å². The summed E-state index contributed by atoms with van der Waals surface area (Å²) in [5.74, 6) is -4.46. The maximum Gasteiger partial charge on any atom is 0.344 e. The molecular formula is C12H12F2N2O4. The lowest BCUT2D eigenvalue weighted by Gasteiger charge is -2.13. The minimum absolute atomic E-state index is 0.796. The van der Waals surface area contributed by atoms with E-state index in [9.17, 15) is 23.2 Å². The third-order valence-electron chi connectivity index (χ3n) is 2.28. The summed E-state index contributed by atoms with van der Waals surface area (Å²) in [6.45, 7) is 1.16. The molecule has 1 rings (SSSR count). The lowest BCUT2D eigenvalue weighted by atomic mass is 10.2. The fourth-order valence-electron chi connectivity index (χ4n) is 1.24. The van der Waals surface area contributed by atoms with E-state index in [2.05, 4.69) is 10.1 Å². The highest BCUT2D eigenvalue weighted by Gasteiger charge is 2.24. The molecule has 0 bridgehead atoms. The number of ether oxygens (including phenoxy) is 1. The van der Waals surface area contributed by atoms with E-state index in [1.54, 1.807) is 0 Å². The van der Waals surface area contributed by atoms with Gasteiger partial charge in [0.2, 0.25) is 0 Å². The highest BCUT2D eigenvalue weighted by Crippen LogP contribution is 2.14. The largest absolute Gasteiger partial charge is 0.449 e. The van der Waals surface area contributed by atoms with Gasteiger partial charge >= 0.3 is 12.0 Å². The van der Waals surface area contributed by atoms with Gasteiger partial charge in [-0.2, -0.15) is 0 Å². The predicted molar refractivity (Wildman–Crippen MR) is 63.8 cm³/mol. The van der Waals surface area contributed by atoms with Crippen LogP contribution in [0.25, 0.3) is 0 Å². The number of nitrogens with one attached hydrogen (secondary N) is 2. The maximum atomic E-state index is 13.3. The lowest BCUT2D eigenvalue weighted by molar-refractivity contribution is -0.127. The molecule has 108 valence electrons. The summed E-state index contributed by atoms with van der Waals surface area (Å²) >= 11 is 0. The van der Waals surface area contributed by atoms with E-state index < -0.39 is 41.2 Å². The first-order valence-corrected chi connectivity index (χ1v) is 5.54. The van der Waals surface area contributed by atoms with Gasteiger partial charge in [0.05, 0.1) is 0 Å². The number of hydrogen-bond donors (Lipinski definition) is 2. The Bertz CT molecular complexity index is 528. The molecule has 0 fully saturated rings. The molecule has 6 nitrogen and oxygen atoms in total. The van der Waals surface area contributed by atoms with Crippen molar-refractivity contribution in [3.8, 4) is 0 Å². The van der Waals surface area contributed by atoms with Gasteiger partial charge in [-0.25, -0.2) is 18.4 Å². The van der Waals surface area contributed by atoms with Crippen molar-refractivity contribution >= 4 is 17.9 Å². The van der Waals surface area contributed by atoms with E-state index >= 15 is 0 Å². The molecule has 0 saturated heterocycles. The Morgan fingerprint density at radius 2 is 1.75 bits per heavy atom. The predicted octanol–water partition coefficient (Wildman–Crippen LogP) is 0.966. The summed E-state index contributed by atoms with van der Waals surface area (Å²) < 4.78 is 31.2. The zero-order chi connectivity index (χ0) is 15.3. The van der Waals surface area contributed by atoms with E-state index in [0.717, 1.165) is 25.1 Å². The third-order valence-corrected chi connectivity index (χ3v) is 2.28. The van der Waals surface area contributed by atoms with Crippen molar-refractivity contribution in [3.63, 3.8) is 0 Å². The van der Waals surface area contributed by atoms with Crippen molar-refractivity contribution in [3.05, 3.63) is 35.4 Å². The van der Waals surface area contributed by atoms with Gasteiger partial charge < -0.3 is 10.1 Å². The molecule has 1 aromatic carbocycles. The molecule has 0 radical (unpaired) electrons. The van der Waals surface area contributed by atoms with Crippen LogP contribution < -0.4 is 10.6 Å². The normalized spacial score (nSPS) is 11.4. The second-order valence-electron chi connectivity index (χ2n) is 3.71. The molecular weight excluding hydrogens is 274 g/mol. The molecule has 20 heavy (non-hydrogen) atoms. The molecule has 3 amide bonds. The Hall–Kier alpha value is -2.51. The standard InChI is InChI=1S/C12H12F2N2O4/c1-6(10(17)16-12(19)15-2)20-11(18)9-7(13)4-3-5-8(9)14/h3-6H,1-2H3,(H2,15,16,17,19)/t6-/m0/s1. The van der Waals surface area contributed by atoms with Crippen LogP contribution in [0.4, 0.5) is 13.6 Å². The molecule has 0 saturated carbocycles. The number of rotatable bonds is 3. The van der Waals surface area contributed by atoms with Gasteiger partial charge in [-0.3, -0.25) is 10.1 Å². The van der Waals surface area contributed by atoms with Crippen LogP contribution in [0.3, 0.4) is 0 Å². The minimum Gasteiger partial charge on any atom is -0.449 e. The van der Waals surface area contributed by atoms with E-state index in [0.29, 0.717) is 0 Å². The highest BCUT2D eigenvalue weighted by molar-refractivity contribution is 5.98. The Balaban J connectivity index is 2.75. The first-order chi connectivity index (χ1) is 9.36. The molecule has 0 aliphatic carbocycles. The molecule has 1 atom stereocenters. The van der Waals surface area contributed by atoms with Crippen LogP contribution in [0.15, 0.2) is 18.2 Å². The number of amides is 3. The van der Waals surface area contributed by atoms with E-state index in [4.69, 9.17) is 0 Å². The average molecular weight is 286 g/mol. The van der Waals surface area contributed by atoms with E-state index in [-0.39, 0.29) is 0 Å². The molecule has 1 aromatic rings. The Morgan fingerprint density at radius 1 is 1.20 bits per heavy atom. The Morgan fingerprint density at radius 3 is 2.25 bits per heavy atom. The molecule has 0 aliphatic heterocycles. The first kappa shape index (κ1) is 15.5. The fourth-order valence-corrected chi connectivity index (χ4v) is 1.24. The quantitative estimate of drug-likeness (QED) is 0.811. The summed E-state index contributed by atoms with van der Waals surface area (Å²) in [7, 11) is 1.29. The number of imide groups is 1. The number of carbonyl (C=O) groups is 3. The van der Waals surface area contributed by atoms with E-state index in [1.165, 1.54) is 7.05 Å². The number of halogens is 2. The molecule has 0 unspecified atom stereocenters. The smallest absolute Gasteiger partial charge is 0.344 e. The topological polar surface area (TPSA) is 84.5 Å². The maximum absolute atomic E-state index is 13.3. The Kier molecular flexibility index (Phi) is 5.13. The van der Waals surface area contributed by atoms with Gasteiger partial charge in [0.1, 0.15) is 17.2 Å². The molecule has 0 heterocycles. The zero-order valence-electron chi connectivity index (χ0n) is 10.7. The molecule has 8 heteroatoms. The fraction of sp³-hybridized carbons (Fsp3) is 0.250. The van der Waals surface area contributed by atoms with Crippen LogP contribution in [0.1, 0.15) is 17.3 Å². The van der Waals surface area contributed by atoms with Crippen molar-refractivity contribution in [2.75, 3.05) is 7.05 Å². The van der Waals surface area contributed by atoms with Crippen LogP contribution >= 0.6 is 0 Å². The third kappa shape index (κ3) is 3.74. The van der Waals surface area contributed by atoms with Crippen LogP contribution in [0.5, 0.6) is 0 Å². The van der Waals surface area contributed by atoms with Crippen molar-refractivity contribution < 1.29 is 27.9 Å². The van der Waals surface area contributed by atoms with Gasteiger partial charge in [0, 0.05) is 7.05 Å². The van der Waals surface area contributed by atoms with Crippen LogP contribution in [0.2, 0.25) is 0 Å². The number of hydrogen-bond acceptors (Lipinski definition) is 4. The van der Waals surface area contributed by atoms with Crippen LogP contribution in [0, 0.1) is 11.6 Å². The zero-order valence-corrected chi connectivity index (χ0v) is 10.7. The van der Waals surface area contributed by atoms with E-state index in [1.807, 2.05) is 5.32 Å². The summed E-state index contributed by atoms with van der Waals surface area (Å²) in [6.07, 6.45) is -1.39. The van der Waals surface area contributed by atoms with Gasteiger partial charge in [-0.15, -0.1) is 0 Å². The van der Waals surface area contributed by atoms with Gasteiger partial charge in [0.25, 0.3) is 5.91 Å². The minimum atomic E-state index is -1.39. The van der Waals surface area contributed by atoms with Crippen molar-refractivity contribution in [2.45, 2.75) is 13.0 Å². The lowest BCUT2D eigenvalue weighted by Crippen LogP contribution is -2.43. The SMILES string of the molecule is CNC(=O)NC(=O)[C@H](C)OC(=O)c1c(F)cccc1F. The summed E-state index contributed by atoms with van der Waals surface area (Å²) in [4.78, 5) is 33.9. The number of esters is 1. The Labute approximate surface area is 113 Å². The van der Waals surface area contributed by atoms with Gasteiger partial charge in [-0.05, 0) is 19.1 Å². The first-order valence-electron chi connectivity index (χ1n) is 5.54. The molecule has 0 spiro atoms. The molecule has 0 aromatic heterocycles. The van der Waals surface area contributed by atoms with Gasteiger partial charge in [-0.1, -0.05) is 6.07 Å².